The Labute approximate surface area is 172 Å². The van der Waals surface area contributed by atoms with Crippen molar-refractivity contribution >= 4 is 29.0 Å². The number of pyridine rings is 1. The van der Waals surface area contributed by atoms with Crippen LogP contribution in [0.25, 0.3) is 0 Å². The van der Waals surface area contributed by atoms with Crippen LogP contribution in [-0.4, -0.2) is 55.2 Å². The van der Waals surface area contributed by atoms with E-state index < -0.39 is 0 Å². The van der Waals surface area contributed by atoms with Gasteiger partial charge in [0.25, 0.3) is 0 Å². The number of nitrogens with one attached hydrogen (secondary N) is 1. The SMILES string of the molecule is Cc1cc(Nc2ccc(N(C)C)cc2)nc(N2CCN(c3ccccn3)CC2)n1. The normalized spacial score (nSPS) is 14.0. The number of nitrogens with zero attached hydrogens (tertiary/aromatic N) is 6. The zero-order valence-corrected chi connectivity index (χ0v) is 17.2. The summed E-state index contributed by atoms with van der Waals surface area (Å²) in [7, 11) is 4.08. The monoisotopic (exact) mass is 389 g/mol. The van der Waals surface area contributed by atoms with Crippen LogP contribution in [0.15, 0.2) is 54.7 Å². The van der Waals surface area contributed by atoms with E-state index in [-0.39, 0.29) is 0 Å². The fourth-order valence-corrected chi connectivity index (χ4v) is 3.43. The van der Waals surface area contributed by atoms with E-state index in [1.54, 1.807) is 0 Å². The van der Waals surface area contributed by atoms with Crippen molar-refractivity contribution in [3.05, 3.63) is 60.4 Å². The molecular weight excluding hydrogens is 362 g/mol. The molecule has 1 N–H and O–H groups in total. The number of hydrogen-bond acceptors (Lipinski definition) is 7. The maximum absolute atomic E-state index is 4.77. The van der Waals surface area contributed by atoms with Gasteiger partial charge in [-0.05, 0) is 43.3 Å². The first-order chi connectivity index (χ1) is 14.1. The minimum Gasteiger partial charge on any atom is -0.378 e. The van der Waals surface area contributed by atoms with Crippen molar-refractivity contribution in [3.63, 3.8) is 0 Å². The molecular formula is C22H27N7. The highest BCUT2D eigenvalue weighted by molar-refractivity contribution is 5.61. The van der Waals surface area contributed by atoms with Gasteiger partial charge < -0.3 is 20.0 Å². The Kier molecular flexibility index (Phi) is 5.46. The van der Waals surface area contributed by atoms with Crippen LogP contribution < -0.4 is 20.0 Å². The van der Waals surface area contributed by atoms with Gasteiger partial charge in [0, 0.05) is 69.6 Å². The minimum atomic E-state index is 0.776. The zero-order chi connectivity index (χ0) is 20.2. The summed E-state index contributed by atoms with van der Waals surface area (Å²) < 4.78 is 0. The first-order valence-corrected chi connectivity index (χ1v) is 9.89. The smallest absolute Gasteiger partial charge is 0.227 e. The highest BCUT2D eigenvalue weighted by Gasteiger charge is 2.20. The third kappa shape index (κ3) is 4.56. The van der Waals surface area contributed by atoms with Crippen molar-refractivity contribution in [2.75, 3.05) is 60.3 Å². The lowest BCUT2D eigenvalue weighted by Crippen LogP contribution is -2.47. The van der Waals surface area contributed by atoms with Gasteiger partial charge in [-0.15, -0.1) is 0 Å². The average molecular weight is 390 g/mol. The number of piperazine rings is 1. The Hall–Kier alpha value is -3.35. The molecule has 0 aliphatic carbocycles. The third-order valence-corrected chi connectivity index (χ3v) is 5.03. The van der Waals surface area contributed by atoms with Crippen LogP contribution in [0.2, 0.25) is 0 Å². The van der Waals surface area contributed by atoms with Crippen LogP contribution in [0.4, 0.5) is 29.0 Å². The zero-order valence-electron chi connectivity index (χ0n) is 17.2. The van der Waals surface area contributed by atoms with Crippen molar-refractivity contribution < 1.29 is 0 Å². The molecule has 150 valence electrons. The summed E-state index contributed by atoms with van der Waals surface area (Å²) in [5.41, 5.74) is 3.13. The summed E-state index contributed by atoms with van der Waals surface area (Å²) in [6.45, 7) is 5.57. The molecule has 0 amide bonds. The molecule has 0 saturated carbocycles. The molecule has 3 aromatic rings. The highest BCUT2D eigenvalue weighted by Crippen LogP contribution is 2.22. The molecule has 1 aliphatic heterocycles. The molecule has 0 bridgehead atoms. The molecule has 1 aliphatic rings. The number of hydrogen-bond donors (Lipinski definition) is 1. The predicted molar refractivity (Wildman–Crippen MR) is 119 cm³/mol. The summed E-state index contributed by atoms with van der Waals surface area (Å²) in [6, 6.07) is 16.3. The summed E-state index contributed by atoms with van der Waals surface area (Å²) in [5, 5.41) is 3.41. The van der Waals surface area contributed by atoms with E-state index in [1.165, 1.54) is 5.69 Å². The molecule has 29 heavy (non-hydrogen) atoms. The minimum absolute atomic E-state index is 0.776. The lowest BCUT2D eigenvalue weighted by molar-refractivity contribution is 0.634. The molecule has 0 radical (unpaired) electrons. The van der Waals surface area contributed by atoms with E-state index in [4.69, 9.17) is 4.98 Å². The van der Waals surface area contributed by atoms with Crippen molar-refractivity contribution in [1.29, 1.82) is 0 Å². The second-order valence-electron chi connectivity index (χ2n) is 7.42. The summed E-state index contributed by atoms with van der Waals surface area (Å²) in [4.78, 5) is 20.5. The molecule has 3 heterocycles. The van der Waals surface area contributed by atoms with Crippen molar-refractivity contribution in [2.24, 2.45) is 0 Å². The number of aromatic nitrogens is 3. The maximum Gasteiger partial charge on any atom is 0.227 e. The number of aryl methyl sites for hydroxylation is 1. The van der Waals surface area contributed by atoms with Gasteiger partial charge in [-0.2, -0.15) is 4.98 Å². The summed E-state index contributed by atoms with van der Waals surface area (Å²) >= 11 is 0. The van der Waals surface area contributed by atoms with E-state index in [9.17, 15) is 0 Å². The van der Waals surface area contributed by atoms with Crippen LogP contribution in [0, 0.1) is 6.92 Å². The highest BCUT2D eigenvalue weighted by atomic mass is 15.3. The second-order valence-corrected chi connectivity index (χ2v) is 7.42. The first-order valence-electron chi connectivity index (χ1n) is 9.89. The van der Waals surface area contributed by atoms with E-state index in [0.29, 0.717) is 0 Å². The van der Waals surface area contributed by atoms with Crippen molar-refractivity contribution in [3.8, 4) is 0 Å². The molecule has 1 fully saturated rings. The second kappa shape index (κ2) is 8.34. The van der Waals surface area contributed by atoms with Crippen LogP contribution in [-0.2, 0) is 0 Å². The Morgan fingerprint density at radius 2 is 1.62 bits per heavy atom. The lowest BCUT2D eigenvalue weighted by atomic mass is 10.2. The van der Waals surface area contributed by atoms with Gasteiger partial charge in [-0.3, -0.25) is 0 Å². The van der Waals surface area contributed by atoms with Gasteiger partial charge in [-0.25, -0.2) is 9.97 Å². The van der Waals surface area contributed by atoms with E-state index >= 15 is 0 Å². The Bertz CT molecular complexity index is 933. The molecule has 4 rings (SSSR count). The summed E-state index contributed by atoms with van der Waals surface area (Å²) in [5.74, 6) is 2.62. The van der Waals surface area contributed by atoms with E-state index in [2.05, 4.69) is 60.3 Å². The number of benzene rings is 1. The average Bonchev–Trinajstić information content (AvgIpc) is 2.74. The number of anilines is 5. The van der Waals surface area contributed by atoms with Crippen LogP contribution in [0.3, 0.4) is 0 Å². The standard InChI is InChI=1S/C22H27N7/c1-17-16-20(25-18-7-9-19(10-8-18)27(2)3)26-22(24-17)29-14-12-28(13-15-29)21-6-4-5-11-23-21/h4-11,16H,12-15H2,1-3H3,(H,24,25,26). The topological polar surface area (TPSA) is 60.4 Å². The Morgan fingerprint density at radius 3 is 2.28 bits per heavy atom. The Morgan fingerprint density at radius 1 is 0.897 bits per heavy atom. The van der Waals surface area contributed by atoms with Crippen LogP contribution in [0.1, 0.15) is 5.69 Å². The predicted octanol–water partition coefficient (Wildman–Crippen LogP) is 3.32. The maximum atomic E-state index is 4.77. The van der Waals surface area contributed by atoms with Crippen LogP contribution in [0.5, 0.6) is 0 Å². The van der Waals surface area contributed by atoms with Crippen LogP contribution >= 0.6 is 0 Å². The fourth-order valence-electron chi connectivity index (χ4n) is 3.43. The molecule has 0 spiro atoms. The molecule has 0 atom stereocenters. The van der Waals surface area contributed by atoms with Crippen molar-refractivity contribution in [1.82, 2.24) is 15.0 Å². The van der Waals surface area contributed by atoms with E-state index in [0.717, 1.165) is 55.1 Å². The number of rotatable bonds is 5. The van der Waals surface area contributed by atoms with Gasteiger partial charge in [0.2, 0.25) is 5.95 Å². The summed E-state index contributed by atoms with van der Waals surface area (Å²) in [6.07, 6.45) is 1.84. The van der Waals surface area contributed by atoms with E-state index in [1.807, 2.05) is 45.4 Å². The largest absolute Gasteiger partial charge is 0.378 e. The Balaban J connectivity index is 1.44. The molecule has 1 saturated heterocycles. The van der Waals surface area contributed by atoms with Gasteiger partial charge in [0.15, 0.2) is 0 Å². The molecule has 2 aromatic heterocycles. The van der Waals surface area contributed by atoms with Crippen molar-refractivity contribution in [2.45, 2.75) is 6.92 Å². The first kappa shape index (κ1) is 19.0. The van der Waals surface area contributed by atoms with Gasteiger partial charge in [0.05, 0.1) is 0 Å². The molecule has 7 nitrogen and oxygen atoms in total. The molecule has 7 heteroatoms. The lowest BCUT2D eigenvalue weighted by Gasteiger charge is -2.35. The third-order valence-electron chi connectivity index (χ3n) is 5.03. The van der Waals surface area contributed by atoms with Gasteiger partial charge >= 0.3 is 0 Å². The fraction of sp³-hybridized carbons (Fsp3) is 0.318. The van der Waals surface area contributed by atoms with Gasteiger partial charge in [-0.1, -0.05) is 6.07 Å². The quantitative estimate of drug-likeness (QED) is 0.718. The molecule has 1 aromatic carbocycles. The van der Waals surface area contributed by atoms with Gasteiger partial charge in [0.1, 0.15) is 11.6 Å². The molecule has 0 unspecified atom stereocenters.